The Morgan fingerprint density at radius 2 is 1.83 bits per heavy atom. The Morgan fingerprint density at radius 1 is 1.17 bits per heavy atom. The fourth-order valence-electron chi connectivity index (χ4n) is 2.27. The average molecular weight is 340 g/mol. The fourth-order valence-corrected chi connectivity index (χ4v) is 3.34. The van der Waals surface area contributed by atoms with Gasteiger partial charge in [-0.15, -0.1) is 0 Å². The third-order valence-electron chi connectivity index (χ3n) is 3.56. The number of carbonyl (C=O) groups excluding carboxylic acids is 2. The van der Waals surface area contributed by atoms with E-state index in [-0.39, 0.29) is 24.0 Å². The number of phenols is 1. The van der Waals surface area contributed by atoms with Gasteiger partial charge in [-0.3, -0.25) is 9.59 Å². The van der Waals surface area contributed by atoms with Crippen molar-refractivity contribution in [2.75, 3.05) is 5.32 Å². The van der Waals surface area contributed by atoms with Crippen LogP contribution in [0.3, 0.4) is 0 Å². The van der Waals surface area contributed by atoms with Gasteiger partial charge in [0.1, 0.15) is 16.0 Å². The zero-order valence-corrected chi connectivity index (χ0v) is 13.8. The van der Waals surface area contributed by atoms with E-state index in [1.165, 1.54) is 11.8 Å². The van der Waals surface area contributed by atoms with Crippen LogP contribution in [0, 0.1) is 6.92 Å². The summed E-state index contributed by atoms with van der Waals surface area (Å²) in [6.45, 7) is 1.97. The zero-order valence-electron chi connectivity index (χ0n) is 13.0. The van der Waals surface area contributed by atoms with E-state index in [0.717, 1.165) is 11.1 Å². The van der Waals surface area contributed by atoms with Crippen molar-refractivity contribution in [2.45, 2.75) is 18.6 Å². The summed E-state index contributed by atoms with van der Waals surface area (Å²) in [6, 6.07) is 14.0. The Hall–Kier alpha value is -2.60. The number of benzene rings is 2. The molecule has 0 fully saturated rings. The maximum atomic E-state index is 12.1. The van der Waals surface area contributed by atoms with Crippen molar-refractivity contribution in [3.05, 3.63) is 59.7 Å². The smallest absolute Gasteiger partial charge is 0.260 e. The molecule has 0 aromatic heterocycles. The van der Waals surface area contributed by atoms with Crippen molar-refractivity contribution in [1.82, 2.24) is 0 Å². The van der Waals surface area contributed by atoms with Crippen molar-refractivity contribution >= 4 is 34.3 Å². The summed E-state index contributed by atoms with van der Waals surface area (Å²) in [7, 11) is 0. The number of thioether (sulfide) groups is 1. The van der Waals surface area contributed by atoms with E-state index in [1.54, 1.807) is 24.3 Å². The number of nitrogens with zero attached hydrogens (tertiary/aromatic N) is 1. The number of hydrogen-bond acceptors (Lipinski definition) is 4. The number of carbonyl (C=O) groups is 2. The number of anilines is 1. The van der Waals surface area contributed by atoms with Gasteiger partial charge in [-0.1, -0.05) is 29.5 Å². The summed E-state index contributed by atoms with van der Waals surface area (Å²) in [5.41, 5.74) is 2.58. The van der Waals surface area contributed by atoms with E-state index < -0.39 is 5.25 Å². The fraction of sp³-hybridized carbons (Fsp3) is 0.167. The SMILES string of the molecule is Cc1ccc(NC(=O)C[C@@H]2SC(c3ccc(O)cc3)=NC2=O)cc1. The van der Waals surface area contributed by atoms with Gasteiger partial charge in [0.05, 0.1) is 0 Å². The molecule has 0 aliphatic carbocycles. The van der Waals surface area contributed by atoms with E-state index >= 15 is 0 Å². The van der Waals surface area contributed by atoms with Crippen LogP contribution in [-0.4, -0.2) is 27.2 Å². The van der Waals surface area contributed by atoms with Gasteiger partial charge in [-0.25, -0.2) is 4.99 Å². The van der Waals surface area contributed by atoms with Gasteiger partial charge in [0.25, 0.3) is 5.91 Å². The lowest BCUT2D eigenvalue weighted by Gasteiger charge is -2.08. The minimum atomic E-state index is -0.515. The summed E-state index contributed by atoms with van der Waals surface area (Å²) in [5.74, 6) is -0.364. The molecule has 0 spiro atoms. The van der Waals surface area contributed by atoms with E-state index in [2.05, 4.69) is 10.3 Å². The predicted octanol–water partition coefficient (Wildman–Crippen LogP) is 3.12. The molecule has 0 saturated carbocycles. The van der Waals surface area contributed by atoms with Crippen LogP contribution in [0.25, 0.3) is 0 Å². The molecule has 122 valence electrons. The number of rotatable bonds is 4. The standard InChI is InChI=1S/C18H16N2O3S/c1-11-2-6-13(7-3-11)19-16(22)10-15-17(23)20-18(24-15)12-4-8-14(21)9-5-12/h2-9,15,21H,10H2,1H3,(H,19,22)/t15-/m0/s1. The first kappa shape index (κ1) is 16.3. The lowest BCUT2D eigenvalue weighted by atomic mass is 10.2. The summed E-state index contributed by atoms with van der Waals surface area (Å²) < 4.78 is 0. The van der Waals surface area contributed by atoms with Gasteiger partial charge < -0.3 is 10.4 Å². The van der Waals surface area contributed by atoms with Crippen LogP contribution in [-0.2, 0) is 9.59 Å². The number of aryl methyl sites for hydroxylation is 1. The molecule has 5 nitrogen and oxygen atoms in total. The van der Waals surface area contributed by atoms with Crippen molar-refractivity contribution in [3.8, 4) is 5.75 Å². The summed E-state index contributed by atoms with van der Waals surface area (Å²) in [5, 5.41) is 12.2. The average Bonchev–Trinajstić information content (AvgIpc) is 2.91. The zero-order chi connectivity index (χ0) is 17.1. The van der Waals surface area contributed by atoms with Crippen molar-refractivity contribution in [3.63, 3.8) is 0 Å². The Kier molecular flexibility index (Phi) is 4.66. The highest BCUT2D eigenvalue weighted by atomic mass is 32.2. The molecule has 2 amide bonds. The number of phenolic OH excluding ortho intramolecular Hbond substituents is 1. The summed E-state index contributed by atoms with van der Waals surface area (Å²) in [4.78, 5) is 28.2. The minimum absolute atomic E-state index is 0.0719. The lowest BCUT2D eigenvalue weighted by Crippen LogP contribution is -2.21. The molecule has 0 unspecified atom stereocenters. The van der Waals surface area contributed by atoms with Crippen LogP contribution in [0.15, 0.2) is 53.5 Å². The van der Waals surface area contributed by atoms with Gasteiger partial charge in [-0.2, -0.15) is 0 Å². The van der Waals surface area contributed by atoms with Crippen LogP contribution in [0.5, 0.6) is 5.75 Å². The van der Waals surface area contributed by atoms with Crippen molar-refractivity contribution < 1.29 is 14.7 Å². The van der Waals surface area contributed by atoms with Crippen molar-refractivity contribution in [1.29, 1.82) is 0 Å². The van der Waals surface area contributed by atoms with Crippen LogP contribution in [0.2, 0.25) is 0 Å². The first-order valence-electron chi connectivity index (χ1n) is 7.46. The van der Waals surface area contributed by atoms with E-state index in [4.69, 9.17) is 0 Å². The molecule has 24 heavy (non-hydrogen) atoms. The first-order chi connectivity index (χ1) is 11.5. The van der Waals surface area contributed by atoms with Gasteiger partial charge in [0.2, 0.25) is 5.91 Å². The molecule has 2 aromatic carbocycles. The normalized spacial score (nSPS) is 16.8. The maximum absolute atomic E-state index is 12.1. The van der Waals surface area contributed by atoms with Crippen LogP contribution in [0.4, 0.5) is 5.69 Å². The van der Waals surface area contributed by atoms with Gasteiger partial charge in [0, 0.05) is 17.7 Å². The molecule has 2 aromatic rings. The molecule has 0 bridgehead atoms. The van der Waals surface area contributed by atoms with E-state index in [0.29, 0.717) is 10.7 Å². The largest absolute Gasteiger partial charge is 0.508 e. The number of amides is 2. The maximum Gasteiger partial charge on any atom is 0.260 e. The van der Waals surface area contributed by atoms with Gasteiger partial charge in [0.15, 0.2) is 0 Å². The second kappa shape index (κ2) is 6.88. The monoisotopic (exact) mass is 340 g/mol. The molecular weight excluding hydrogens is 324 g/mol. The second-order valence-electron chi connectivity index (χ2n) is 5.53. The highest BCUT2D eigenvalue weighted by Crippen LogP contribution is 2.29. The lowest BCUT2D eigenvalue weighted by molar-refractivity contribution is -0.121. The Labute approximate surface area is 143 Å². The number of aliphatic imine (C=N–C) groups is 1. The number of nitrogens with one attached hydrogen (secondary N) is 1. The molecule has 1 heterocycles. The predicted molar refractivity (Wildman–Crippen MR) is 95.5 cm³/mol. The van der Waals surface area contributed by atoms with Gasteiger partial charge in [-0.05, 0) is 43.3 Å². The van der Waals surface area contributed by atoms with E-state index in [1.807, 2.05) is 31.2 Å². The van der Waals surface area contributed by atoms with Crippen LogP contribution < -0.4 is 5.32 Å². The van der Waals surface area contributed by atoms with Crippen molar-refractivity contribution in [2.24, 2.45) is 4.99 Å². The summed E-state index contributed by atoms with van der Waals surface area (Å²) in [6.07, 6.45) is 0.0719. The molecule has 0 saturated heterocycles. The summed E-state index contributed by atoms with van der Waals surface area (Å²) >= 11 is 1.28. The van der Waals surface area contributed by atoms with E-state index in [9.17, 15) is 14.7 Å². The highest BCUT2D eigenvalue weighted by Gasteiger charge is 2.31. The van der Waals surface area contributed by atoms with Crippen LogP contribution in [0.1, 0.15) is 17.5 Å². The molecule has 2 N–H and O–H groups in total. The minimum Gasteiger partial charge on any atom is -0.508 e. The Morgan fingerprint density at radius 3 is 2.50 bits per heavy atom. The van der Waals surface area contributed by atoms with Gasteiger partial charge >= 0.3 is 0 Å². The molecule has 1 atom stereocenters. The molecule has 0 radical (unpaired) electrons. The third kappa shape index (κ3) is 3.83. The molecule has 1 aliphatic heterocycles. The second-order valence-corrected chi connectivity index (χ2v) is 6.72. The third-order valence-corrected chi connectivity index (χ3v) is 4.76. The Bertz CT molecular complexity index is 798. The topological polar surface area (TPSA) is 78.8 Å². The Balaban J connectivity index is 1.60. The van der Waals surface area contributed by atoms with Crippen LogP contribution >= 0.6 is 11.8 Å². The first-order valence-corrected chi connectivity index (χ1v) is 8.34. The molecular formula is C18H16N2O3S. The number of aromatic hydroxyl groups is 1. The molecule has 6 heteroatoms. The molecule has 3 rings (SSSR count). The highest BCUT2D eigenvalue weighted by molar-refractivity contribution is 8.16. The molecule has 1 aliphatic rings. The number of hydrogen-bond donors (Lipinski definition) is 2. The quantitative estimate of drug-likeness (QED) is 0.896.